The van der Waals surface area contributed by atoms with E-state index in [4.69, 9.17) is 14.2 Å². The number of benzene rings is 3. The van der Waals surface area contributed by atoms with Crippen LogP contribution in [0.25, 0.3) is 0 Å². The summed E-state index contributed by atoms with van der Waals surface area (Å²) >= 11 is 0. The van der Waals surface area contributed by atoms with Crippen molar-refractivity contribution in [3.8, 4) is 17.2 Å². The van der Waals surface area contributed by atoms with E-state index in [-0.39, 0.29) is 5.91 Å². The monoisotopic (exact) mass is 421 g/mol. The molecule has 0 aliphatic rings. The number of carbonyl (C=O) groups excluding carboxylic acids is 1. The van der Waals surface area contributed by atoms with E-state index in [0.717, 1.165) is 27.5 Å². The molecule has 0 spiro atoms. The van der Waals surface area contributed by atoms with Crippen LogP contribution in [0.3, 0.4) is 0 Å². The summed E-state index contributed by atoms with van der Waals surface area (Å²) in [4.78, 5) is 13.4. The third-order valence-electron chi connectivity index (χ3n) is 4.81. The van der Waals surface area contributed by atoms with Crippen LogP contribution in [-0.4, -0.2) is 33.7 Å². The molecule has 0 aromatic heterocycles. The zero-order valence-corrected chi connectivity index (χ0v) is 18.2. The van der Waals surface area contributed by atoms with Crippen molar-refractivity contribution in [1.29, 1.82) is 0 Å². The van der Waals surface area contributed by atoms with Crippen molar-refractivity contribution >= 4 is 11.6 Å². The first-order valence-corrected chi connectivity index (χ1v) is 10.2. The van der Waals surface area contributed by atoms with E-state index >= 15 is 0 Å². The Bertz CT molecular complexity index is 975. The van der Waals surface area contributed by atoms with E-state index in [2.05, 4.69) is 5.32 Å². The molecule has 3 rings (SSSR count). The van der Waals surface area contributed by atoms with E-state index in [9.17, 15) is 4.79 Å². The second-order valence-corrected chi connectivity index (χ2v) is 7.35. The summed E-state index contributed by atoms with van der Waals surface area (Å²) in [6.07, 6.45) is 0. The number of hydrogen-bond donors (Lipinski definition) is 2. The predicted molar refractivity (Wildman–Crippen MR) is 121 cm³/mol. The highest BCUT2D eigenvalue weighted by Gasteiger charge is 2.13. The minimum Gasteiger partial charge on any atom is -0.497 e. The van der Waals surface area contributed by atoms with Gasteiger partial charge in [0.2, 0.25) is 0 Å². The van der Waals surface area contributed by atoms with Crippen LogP contribution in [0.5, 0.6) is 17.2 Å². The predicted octanol–water partition coefficient (Wildman–Crippen LogP) is 2.94. The summed E-state index contributed by atoms with van der Waals surface area (Å²) in [5, 5.41) is 2.91. The van der Waals surface area contributed by atoms with Crippen molar-refractivity contribution in [1.82, 2.24) is 0 Å². The number of nitrogens with one attached hydrogen (secondary N) is 2. The Morgan fingerprint density at radius 2 is 1.61 bits per heavy atom. The summed E-state index contributed by atoms with van der Waals surface area (Å²) in [6, 6.07) is 23.2. The highest BCUT2D eigenvalue weighted by Crippen LogP contribution is 2.28. The maximum Gasteiger partial charge on any atom is 0.279 e. The van der Waals surface area contributed by atoms with Crippen LogP contribution in [0.2, 0.25) is 0 Å². The van der Waals surface area contributed by atoms with Gasteiger partial charge in [0.1, 0.15) is 18.9 Å². The molecule has 31 heavy (non-hydrogen) atoms. The first-order valence-electron chi connectivity index (χ1n) is 10.2. The minimum absolute atomic E-state index is 0.0440. The summed E-state index contributed by atoms with van der Waals surface area (Å²) in [5.74, 6) is 2.09. The van der Waals surface area contributed by atoms with Gasteiger partial charge < -0.3 is 24.4 Å². The molecule has 1 atom stereocenters. The van der Waals surface area contributed by atoms with Gasteiger partial charge in [-0.15, -0.1) is 0 Å². The number of anilines is 1. The fourth-order valence-electron chi connectivity index (χ4n) is 3.24. The van der Waals surface area contributed by atoms with Crippen LogP contribution in [0.15, 0.2) is 72.8 Å². The van der Waals surface area contributed by atoms with Gasteiger partial charge in [-0.2, -0.15) is 0 Å². The van der Waals surface area contributed by atoms with Gasteiger partial charge >= 0.3 is 0 Å². The van der Waals surface area contributed by atoms with Crippen LogP contribution >= 0.6 is 0 Å². The minimum atomic E-state index is -0.0440. The first-order chi connectivity index (χ1) is 15.1. The number of carbonyl (C=O) groups is 1. The van der Waals surface area contributed by atoms with Gasteiger partial charge in [0.05, 0.1) is 21.3 Å². The van der Waals surface area contributed by atoms with Crippen molar-refractivity contribution in [2.24, 2.45) is 0 Å². The molecule has 0 saturated heterocycles. The fourth-order valence-corrected chi connectivity index (χ4v) is 3.24. The molecular formula is C25H29N2O4+. The van der Waals surface area contributed by atoms with Crippen LogP contribution in [0.1, 0.15) is 11.1 Å². The van der Waals surface area contributed by atoms with Gasteiger partial charge in [0.25, 0.3) is 5.91 Å². The zero-order chi connectivity index (χ0) is 22.1. The lowest BCUT2D eigenvalue weighted by Gasteiger charge is -2.16. The molecule has 0 saturated carbocycles. The summed E-state index contributed by atoms with van der Waals surface area (Å²) < 4.78 is 16.6. The Morgan fingerprint density at radius 3 is 2.29 bits per heavy atom. The smallest absolute Gasteiger partial charge is 0.279 e. The lowest BCUT2D eigenvalue weighted by atomic mass is 10.2. The summed E-state index contributed by atoms with van der Waals surface area (Å²) in [6.45, 7) is 1.51. The largest absolute Gasteiger partial charge is 0.497 e. The molecule has 2 N–H and O–H groups in total. The normalized spacial score (nSPS) is 11.5. The van der Waals surface area contributed by atoms with Gasteiger partial charge in [-0.25, -0.2) is 0 Å². The molecule has 0 bridgehead atoms. The Balaban J connectivity index is 1.53. The fraction of sp³-hybridized carbons (Fsp3) is 0.240. The van der Waals surface area contributed by atoms with E-state index in [1.165, 1.54) is 0 Å². The van der Waals surface area contributed by atoms with Crippen molar-refractivity contribution in [3.63, 3.8) is 0 Å². The molecule has 0 aliphatic carbocycles. The topological polar surface area (TPSA) is 61.2 Å². The molecule has 3 aromatic rings. The van der Waals surface area contributed by atoms with Crippen LogP contribution in [0.4, 0.5) is 5.69 Å². The maximum atomic E-state index is 12.4. The van der Waals surface area contributed by atoms with Gasteiger partial charge in [0, 0.05) is 11.3 Å². The third kappa shape index (κ3) is 6.76. The molecular weight excluding hydrogens is 392 g/mol. The Labute approximate surface area is 183 Å². The highest BCUT2D eigenvalue weighted by atomic mass is 16.5. The number of ether oxygens (including phenoxy) is 3. The Kier molecular flexibility index (Phi) is 7.90. The Hall–Kier alpha value is -3.51. The van der Waals surface area contributed by atoms with E-state index < -0.39 is 0 Å². The molecule has 1 unspecified atom stereocenters. The average molecular weight is 422 g/mol. The van der Waals surface area contributed by atoms with Crippen LogP contribution in [0, 0.1) is 0 Å². The molecule has 0 fully saturated rings. The maximum absolute atomic E-state index is 12.4. The zero-order valence-electron chi connectivity index (χ0n) is 18.2. The third-order valence-corrected chi connectivity index (χ3v) is 4.81. The molecule has 0 heterocycles. The van der Waals surface area contributed by atoms with E-state index in [0.29, 0.717) is 31.2 Å². The number of methoxy groups -OCH3 is 2. The molecule has 162 valence electrons. The van der Waals surface area contributed by atoms with Crippen molar-refractivity contribution in [2.75, 3.05) is 33.1 Å². The van der Waals surface area contributed by atoms with Gasteiger partial charge in [-0.3, -0.25) is 4.79 Å². The van der Waals surface area contributed by atoms with Crippen molar-refractivity contribution in [2.45, 2.75) is 13.2 Å². The molecule has 6 nitrogen and oxygen atoms in total. The van der Waals surface area contributed by atoms with Crippen molar-refractivity contribution in [3.05, 3.63) is 83.9 Å². The second-order valence-electron chi connectivity index (χ2n) is 7.35. The van der Waals surface area contributed by atoms with Crippen molar-refractivity contribution < 1.29 is 23.9 Å². The SMILES string of the molecule is COc1ccc(NC(=O)C[NH+](C)Cc2ccc(OCc3ccccc3)c(OC)c2)cc1. The molecule has 1 amide bonds. The first kappa shape index (κ1) is 22.2. The molecule has 6 heteroatoms. The average Bonchev–Trinajstić information content (AvgIpc) is 2.79. The van der Waals surface area contributed by atoms with Gasteiger partial charge in [0.15, 0.2) is 18.0 Å². The number of quaternary nitrogens is 1. The molecule has 0 aliphatic heterocycles. The lowest BCUT2D eigenvalue weighted by molar-refractivity contribution is -0.885. The number of amides is 1. The summed E-state index contributed by atoms with van der Waals surface area (Å²) in [7, 11) is 5.23. The van der Waals surface area contributed by atoms with Gasteiger partial charge in [-0.1, -0.05) is 30.3 Å². The summed E-state index contributed by atoms with van der Waals surface area (Å²) in [5.41, 5.74) is 2.92. The van der Waals surface area contributed by atoms with Crippen LogP contribution in [-0.2, 0) is 17.9 Å². The molecule has 3 aromatic carbocycles. The second kappa shape index (κ2) is 11.0. The number of rotatable bonds is 10. The van der Waals surface area contributed by atoms with Gasteiger partial charge in [-0.05, 0) is 48.0 Å². The lowest BCUT2D eigenvalue weighted by Crippen LogP contribution is -3.08. The van der Waals surface area contributed by atoms with E-state index in [1.807, 2.05) is 79.8 Å². The quantitative estimate of drug-likeness (QED) is 0.529. The van der Waals surface area contributed by atoms with E-state index in [1.54, 1.807) is 14.2 Å². The Morgan fingerprint density at radius 1 is 0.871 bits per heavy atom. The van der Waals surface area contributed by atoms with Crippen LogP contribution < -0.4 is 24.4 Å². The highest BCUT2D eigenvalue weighted by molar-refractivity contribution is 5.91. The number of hydrogen-bond acceptors (Lipinski definition) is 4. The number of likely N-dealkylation sites (N-methyl/N-ethyl adjacent to an activating group) is 1. The molecule has 0 radical (unpaired) electrons. The standard InChI is InChI=1S/C25H28N2O4/c1-27(17-25(28)26-21-10-12-22(29-2)13-11-21)16-20-9-14-23(24(15-20)30-3)31-18-19-7-5-4-6-8-19/h4-15H,16-18H2,1-3H3,(H,26,28)/p+1.